The van der Waals surface area contributed by atoms with Gasteiger partial charge in [-0.25, -0.2) is 0 Å². The molecule has 3 aromatic carbocycles. The molecular formula is C18H16ClN. The molecule has 0 atom stereocenters. The van der Waals surface area contributed by atoms with Crippen LogP contribution in [0.15, 0.2) is 60.7 Å². The van der Waals surface area contributed by atoms with E-state index in [1.54, 1.807) is 0 Å². The Balaban J connectivity index is 2.27. The normalized spacial score (nSPS) is 10.9. The largest absolute Gasteiger partial charge is 0.316 e. The van der Waals surface area contributed by atoms with E-state index in [-0.39, 0.29) is 0 Å². The lowest BCUT2D eigenvalue weighted by Crippen LogP contribution is -2.06. The molecule has 0 spiro atoms. The van der Waals surface area contributed by atoms with Crippen molar-refractivity contribution in [2.75, 3.05) is 7.05 Å². The summed E-state index contributed by atoms with van der Waals surface area (Å²) in [7, 11) is 1.96. The third-order valence-electron chi connectivity index (χ3n) is 3.52. The molecule has 0 heterocycles. The van der Waals surface area contributed by atoms with Crippen molar-refractivity contribution < 1.29 is 0 Å². The van der Waals surface area contributed by atoms with E-state index in [0.717, 1.165) is 11.6 Å². The maximum atomic E-state index is 6.20. The van der Waals surface area contributed by atoms with Gasteiger partial charge in [0.05, 0.1) is 0 Å². The molecule has 0 aliphatic carbocycles. The van der Waals surface area contributed by atoms with E-state index >= 15 is 0 Å². The summed E-state index contributed by atoms with van der Waals surface area (Å²) >= 11 is 6.20. The van der Waals surface area contributed by atoms with E-state index in [1.165, 1.54) is 27.5 Å². The molecule has 0 amide bonds. The van der Waals surface area contributed by atoms with Crippen LogP contribution in [0.25, 0.3) is 21.9 Å². The molecule has 0 aliphatic rings. The molecule has 0 aromatic heterocycles. The second-order valence-corrected chi connectivity index (χ2v) is 5.29. The van der Waals surface area contributed by atoms with Crippen molar-refractivity contribution in [2.24, 2.45) is 0 Å². The van der Waals surface area contributed by atoms with Crippen LogP contribution in [0.5, 0.6) is 0 Å². The van der Waals surface area contributed by atoms with E-state index in [2.05, 4.69) is 59.9 Å². The Morgan fingerprint density at radius 1 is 0.900 bits per heavy atom. The van der Waals surface area contributed by atoms with Crippen LogP contribution in [0, 0.1) is 0 Å². The van der Waals surface area contributed by atoms with Crippen LogP contribution in [0.1, 0.15) is 5.56 Å². The van der Waals surface area contributed by atoms with Crippen LogP contribution in [-0.2, 0) is 6.54 Å². The highest BCUT2D eigenvalue weighted by atomic mass is 35.5. The molecule has 0 fully saturated rings. The zero-order valence-corrected chi connectivity index (χ0v) is 12.1. The molecule has 2 heteroatoms. The van der Waals surface area contributed by atoms with Gasteiger partial charge in [-0.3, -0.25) is 0 Å². The maximum Gasteiger partial charge on any atom is 0.0412 e. The molecule has 20 heavy (non-hydrogen) atoms. The maximum absolute atomic E-state index is 6.20. The van der Waals surface area contributed by atoms with Crippen molar-refractivity contribution in [1.29, 1.82) is 0 Å². The number of halogens is 1. The Hall–Kier alpha value is -1.83. The quantitative estimate of drug-likeness (QED) is 0.721. The number of hydrogen-bond donors (Lipinski definition) is 1. The fourth-order valence-electron chi connectivity index (χ4n) is 2.60. The van der Waals surface area contributed by atoms with Crippen LogP contribution in [0.2, 0.25) is 5.02 Å². The lowest BCUT2D eigenvalue weighted by molar-refractivity contribution is 0.819. The minimum Gasteiger partial charge on any atom is -0.316 e. The van der Waals surface area contributed by atoms with Gasteiger partial charge in [-0.05, 0) is 46.6 Å². The first kappa shape index (κ1) is 13.2. The highest BCUT2D eigenvalue weighted by Gasteiger charge is 2.08. The Morgan fingerprint density at radius 2 is 1.70 bits per heavy atom. The van der Waals surface area contributed by atoms with Crippen molar-refractivity contribution in [3.8, 4) is 11.1 Å². The Labute approximate surface area is 124 Å². The van der Waals surface area contributed by atoms with Crippen molar-refractivity contribution in [3.05, 3.63) is 71.2 Å². The minimum atomic E-state index is 0.771. The number of rotatable bonds is 3. The summed E-state index contributed by atoms with van der Waals surface area (Å²) in [5, 5.41) is 6.50. The van der Waals surface area contributed by atoms with Gasteiger partial charge >= 0.3 is 0 Å². The van der Waals surface area contributed by atoms with E-state index in [4.69, 9.17) is 11.6 Å². The molecule has 3 rings (SSSR count). The van der Waals surface area contributed by atoms with Crippen LogP contribution in [0.4, 0.5) is 0 Å². The van der Waals surface area contributed by atoms with Gasteiger partial charge in [-0.1, -0.05) is 60.1 Å². The lowest BCUT2D eigenvalue weighted by atomic mass is 9.94. The van der Waals surface area contributed by atoms with Crippen LogP contribution in [-0.4, -0.2) is 7.05 Å². The average Bonchev–Trinajstić information content (AvgIpc) is 2.49. The predicted octanol–water partition coefficient (Wildman–Crippen LogP) is 4.88. The molecule has 0 bridgehead atoms. The number of hydrogen-bond acceptors (Lipinski definition) is 1. The van der Waals surface area contributed by atoms with Crippen LogP contribution < -0.4 is 5.32 Å². The molecule has 0 unspecified atom stereocenters. The Bertz CT molecular complexity index is 744. The van der Waals surface area contributed by atoms with Gasteiger partial charge in [-0.15, -0.1) is 0 Å². The monoisotopic (exact) mass is 281 g/mol. The summed E-state index contributed by atoms with van der Waals surface area (Å²) < 4.78 is 0. The van der Waals surface area contributed by atoms with Gasteiger partial charge < -0.3 is 5.32 Å². The van der Waals surface area contributed by atoms with Crippen LogP contribution in [0.3, 0.4) is 0 Å². The Morgan fingerprint density at radius 3 is 2.55 bits per heavy atom. The summed E-state index contributed by atoms with van der Waals surface area (Å²) in [4.78, 5) is 0. The first-order chi connectivity index (χ1) is 9.79. The minimum absolute atomic E-state index is 0.771. The number of fused-ring (bicyclic) bond motifs is 1. The van der Waals surface area contributed by atoms with Gasteiger partial charge in [0, 0.05) is 11.6 Å². The van der Waals surface area contributed by atoms with E-state index in [1.807, 2.05) is 13.1 Å². The summed E-state index contributed by atoms with van der Waals surface area (Å²) in [5.41, 5.74) is 3.69. The number of nitrogens with one attached hydrogen (secondary N) is 1. The van der Waals surface area contributed by atoms with Crippen molar-refractivity contribution >= 4 is 22.4 Å². The first-order valence-electron chi connectivity index (χ1n) is 6.71. The third kappa shape index (κ3) is 2.43. The van der Waals surface area contributed by atoms with Gasteiger partial charge in [0.1, 0.15) is 0 Å². The number of benzene rings is 3. The molecule has 0 saturated heterocycles. The highest BCUT2D eigenvalue weighted by Crippen LogP contribution is 2.32. The van der Waals surface area contributed by atoms with Crippen LogP contribution >= 0.6 is 11.6 Å². The van der Waals surface area contributed by atoms with Crippen molar-refractivity contribution in [1.82, 2.24) is 5.32 Å². The second-order valence-electron chi connectivity index (χ2n) is 4.86. The summed E-state index contributed by atoms with van der Waals surface area (Å²) in [5.74, 6) is 0. The summed E-state index contributed by atoms with van der Waals surface area (Å²) in [6.07, 6.45) is 0. The fraction of sp³-hybridized carbons (Fsp3) is 0.111. The molecular weight excluding hydrogens is 266 g/mol. The zero-order chi connectivity index (χ0) is 13.9. The Kier molecular flexibility index (Phi) is 3.72. The molecule has 0 aliphatic heterocycles. The molecule has 0 saturated carbocycles. The van der Waals surface area contributed by atoms with E-state index in [0.29, 0.717) is 0 Å². The predicted molar refractivity (Wildman–Crippen MR) is 87.2 cm³/mol. The van der Waals surface area contributed by atoms with Gasteiger partial charge in [0.2, 0.25) is 0 Å². The van der Waals surface area contributed by atoms with Gasteiger partial charge in [0.25, 0.3) is 0 Å². The molecule has 0 radical (unpaired) electrons. The molecule has 1 N–H and O–H groups in total. The summed E-state index contributed by atoms with van der Waals surface area (Å²) in [6, 6.07) is 20.9. The van der Waals surface area contributed by atoms with Gasteiger partial charge in [-0.2, -0.15) is 0 Å². The second kappa shape index (κ2) is 5.66. The van der Waals surface area contributed by atoms with E-state index in [9.17, 15) is 0 Å². The smallest absolute Gasteiger partial charge is 0.0412 e. The SMILES string of the molecule is CNCc1ccc(Cl)cc1-c1cccc2ccccc12. The molecule has 1 nitrogen and oxygen atoms in total. The average molecular weight is 282 g/mol. The topological polar surface area (TPSA) is 12.0 Å². The fourth-order valence-corrected chi connectivity index (χ4v) is 2.78. The zero-order valence-electron chi connectivity index (χ0n) is 11.4. The molecule has 3 aromatic rings. The summed E-state index contributed by atoms with van der Waals surface area (Å²) in [6.45, 7) is 0.829. The first-order valence-corrected chi connectivity index (χ1v) is 7.08. The standard InChI is InChI=1S/C18H16ClN/c1-20-12-14-9-10-15(19)11-18(14)17-8-4-6-13-5-2-3-7-16(13)17/h2-11,20H,12H2,1H3. The highest BCUT2D eigenvalue weighted by molar-refractivity contribution is 6.31. The third-order valence-corrected chi connectivity index (χ3v) is 3.75. The molecule has 100 valence electrons. The van der Waals surface area contributed by atoms with Crippen molar-refractivity contribution in [3.63, 3.8) is 0 Å². The van der Waals surface area contributed by atoms with Gasteiger partial charge in [0.15, 0.2) is 0 Å². The lowest BCUT2D eigenvalue weighted by Gasteiger charge is -2.12. The van der Waals surface area contributed by atoms with E-state index < -0.39 is 0 Å². The van der Waals surface area contributed by atoms with Crippen molar-refractivity contribution in [2.45, 2.75) is 6.54 Å².